The molecule has 0 radical (unpaired) electrons. The molecule has 0 aliphatic heterocycles. The molecule has 23 heavy (non-hydrogen) atoms. The Balaban J connectivity index is 2.10. The predicted molar refractivity (Wildman–Crippen MR) is 91.1 cm³/mol. The molecule has 3 rings (SSSR count). The van der Waals surface area contributed by atoms with E-state index in [0.29, 0.717) is 12.8 Å². The predicted octanol–water partition coefficient (Wildman–Crippen LogP) is 2.62. The zero-order valence-corrected chi connectivity index (χ0v) is 13.6. The average molecular weight is 308 g/mol. The maximum atomic E-state index is 11.5. The number of aromatic nitrogens is 3. The van der Waals surface area contributed by atoms with Crippen molar-refractivity contribution in [3.05, 3.63) is 47.9 Å². The number of fused-ring (bicyclic) bond motifs is 1. The fourth-order valence-electron chi connectivity index (χ4n) is 2.79. The summed E-state index contributed by atoms with van der Waals surface area (Å²) < 4.78 is 1.96. The molecule has 0 aliphatic carbocycles. The summed E-state index contributed by atoms with van der Waals surface area (Å²) in [6.45, 7) is 2.09. The van der Waals surface area contributed by atoms with Gasteiger partial charge >= 0.3 is 0 Å². The van der Waals surface area contributed by atoms with Gasteiger partial charge in [-0.2, -0.15) is 0 Å². The molecule has 0 aliphatic rings. The highest BCUT2D eigenvalue weighted by Gasteiger charge is 2.11. The molecule has 0 bridgehead atoms. The highest BCUT2D eigenvalue weighted by atomic mass is 16.1. The van der Waals surface area contributed by atoms with Gasteiger partial charge in [-0.3, -0.25) is 4.79 Å². The first-order chi connectivity index (χ1) is 11.1. The second-order valence-corrected chi connectivity index (χ2v) is 5.70. The SMILES string of the molecule is CNC(=O)CCc1cccc2c(C)cc(-c3cncn3C)nc12. The minimum absolute atomic E-state index is 0.0431. The number of hydrogen-bond donors (Lipinski definition) is 1. The van der Waals surface area contributed by atoms with Gasteiger partial charge in [-0.25, -0.2) is 9.97 Å². The number of hydrogen-bond acceptors (Lipinski definition) is 3. The lowest BCUT2D eigenvalue weighted by Gasteiger charge is -2.11. The monoisotopic (exact) mass is 308 g/mol. The van der Waals surface area contributed by atoms with Crippen LogP contribution in [0.1, 0.15) is 17.5 Å². The Morgan fingerprint density at radius 1 is 1.35 bits per heavy atom. The van der Waals surface area contributed by atoms with Crippen LogP contribution in [0.2, 0.25) is 0 Å². The van der Waals surface area contributed by atoms with E-state index < -0.39 is 0 Å². The van der Waals surface area contributed by atoms with Gasteiger partial charge in [-0.1, -0.05) is 18.2 Å². The van der Waals surface area contributed by atoms with Crippen LogP contribution in [0.3, 0.4) is 0 Å². The molecule has 1 amide bonds. The molecule has 1 aromatic carbocycles. The Morgan fingerprint density at radius 3 is 2.87 bits per heavy atom. The first-order valence-corrected chi connectivity index (χ1v) is 7.66. The number of rotatable bonds is 4. The Hall–Kier alpha value is -2.69. The highest BCUT2D eigenvalue weighted by molar-refractivity contribution is 5.87. The minimum atomic E-state index is 0.0431. The van der Waals surface area contributed by atoms with Crippen molar-refractivity contribution in [2.45, 2.75) is 19.8 Å². The zero-order chi connectivity index (χ0) is 16.4. The van der Waals surface area contributed by atoms with Crippen molar-refractivity contribution in [3.8, 4) is 11.4 Å². The van der Waals surface area contributed by atoms with Gasteiger partial charge < -0.3 is 9.88 Å². The molecule has 5 heteroatoms. The fourth-order valence-corrected chi connectivity index (χ4v) is 2.79. The first kappa shape index (κ1) is 15.2. The molecule has 0 atom stereocenters. The third-order valence-corrected chi connectivity index (χ3v) is 4.11. The maximum Gasteiger partial charge on any atom is 0.220 e. The van der Waals surface area contributed by atoms with Gasteiger partial charge in [0.05, 0.1) is 29.4 Å². The van der Waals surface area contributed by atoms with E-state index in [0.717, 1.165) is 27.9 Å². The van der Waals surface area contributed by atoms with E-state index in [4.69, 9.17) is 4.98 Å². The topological polar surface area (TPSA) is 59.8 Å². The van der Waals surface area contributed by atoms with Crippen molar-refractivity contribution in [2.24, 2.45) is 7.05 Å². The Labute approximate surface area is 135 Å². The first-order valence-electron chi connectivity index (χ1n) is 7.66. The molecule has 2 heterocycles. The average Bonchev–Trinajstić information content (AvgIpc) is 2.98. The van der Waals surface area contributed by atoms with E-state index in [1.54, 1.807) is 13.4 Å². The number of nitrogens with zero attached hydrogens (tertiary/aromatic N) is 3. The van der Waals surface area contributed by atoms with Crippen LogP contribution in [-0.2, 0) is 18.3 Å². The second kappa shape index (κ2) is 6.20. The normalized spacial score (nSPS) is 10.9. The number of nitrogens with one attached hydrogen (secondary N) is 1. The summed E-state index contributed by atoms with van der Waals surface area (Å²) in [5.74, 6) is 0.0431. The summed E-state index contributed by atoms with van der Waals surface area (Å²) in [6, 6.07) is 8.24. The molecule has 3 aromatic rings. The fraction of sp³-hybridized carbons (Fsp3) is 0.278. The largest absolute Gasteiger partial charge is 0.359 e. The van der Waals surface area contributed by atoms with Crippen molar-refractivity contribution in [2.75, 3.05) is 7.05 Å². The maximum absolute atomic E-state index is 11.5. The number of para-hydroxylation sites is 1. The number of carbonyl (C=O) groups excluding carboxylic acids is 1. The molecule has 0 fully saturated rings. The van der Waals surface area contributed by atoms with Gasteiger partial charge in [0.2, 0.25) is 5.91 Å². The van der Waals surface area contributed by atoms with Crippen LogP contribution in [0.25, 0.3) is 22.3 Å². The molecule has 118 valence electrons. The summed E-state index contributed by atoms with van der Waals surface area (Å²) in [6.07, 6.45) is 4.74. The van der Waals surface area contributed by atoms with Crippen molar-refractivity contribution in [1.82, 2.24) is 19.9 Å². The van der Waals surface area contributed by atoms with E-state index in [1.165, 1.54) is 5.56 Å². The zero-order valence-electron chi connectivity index (χ0n) is 13.6. The lowest BCUT2D eigenvalue weighted by Crippen LogP contribution is -2.18. The van der Waals surface area contributed by atoms with Crippen molar-refractivity contribution in [1.29, 1.82) is 0 Å². The van der Waals surface area contributed by atoms with Gasteiger partial charge in [0.25, 0.3) is 0 Å². The van der Waals surface area contributed by atoms with Crippen molar-refractivity contribution >= 4 is 16.8 Å². The molecule has 0 saturated heterocycles. The van der Waals surface area contributed by atoms with E-state index in [1.807, 2.05) is 29.9 Å². The van der Waals surface area contributed by atoms with E-state index in [-0.39, 0.29) is 5.91 Å². The highest BCUT2D eigenvalue weighted by Crippen LogP contribution is 2.26. The molecule has 0 spiro atoms. The smallest absolute Gasteiger partial charge is 0.220 e. The molecule has 2 aromatic heterocycles. The summed E-state index contributed by atoms with van der Waals surface area (Å²) in [7, 11) is 3.62. The van der Waals surface area contributed by atoms with Gasteiger partial charge in [-0.15, -0.1) is 0 Å². The van der Waals surface area contributed by atoms with Crippen LogP contribution >= 0.6 is 0 Å². The second-order valence-electron chi connectivity index (χ2n) is 5.70. The molecule has 5 nitrogen and oxygen atoms in total. The molecular formula is C18H20N4O. The number of pyridine rings is 1. The van der Waals surface area contributed by atoms with E-state index in [9.17, 15) is 4.79 Å². The summed E-state index contributed by atoms with van der Waals surface area (Å²) >= 11 is 0. The lowest BCUT2D eigenvalue weighted by molar-refractivity contribution is -0.120. The molecule has 0 saturated carbocycles. The standard InChI is InChI=1S/C18H20N4O/c1-12-9-15(16-10-20-11-22(16)3)21-18-13(5-4-6-14(12)18)7-8-17(23)19-2/h4-6,9-11H,7-8H2,1-3H3,(H,19,23). The lowest BCUT2D eigenvalue weighted by atomic mass is 10.0. The van der Waals surface area contributed by atoms with E-state index in [2.05, 4.69) is 29.4 Å². The number of benzene rings is 1. The quantitative estimate of drug-likeness (QED) is 0.806. The van der Waals surface area contributed by atoms with Crippen LogP contribution < -0.4 is 5.32 Å². The Kier molecular flexibility index (Phi) is 4.10. The third kappa shape index (κ3) is 2.95. The minimum Gasteiger partial charge on any atom is -0.359 e. The third-order valence-electron chi connectivity index (χ3n) is 4.11. The van der Waals surface area contributed by atoms with Gasteiger partial charge in [0.15, 0.2) is 0 Å². The molecule has 0 unspecified atom stereocenters. The number of imidazole rings is 1. The van der Waals surface area contributed by atoms with Crippen LogP contribution in [0, 0.1) is 6.92 Å². The van der Waals surface area contributed by atoms with Crippen LogP contribution in [0.4, 0.5) is 0 Å². The van der Waals surface area contributed by atoms with Gasteiger partial charge in [-0.05, 0) is 30.5 Å². The number of amides is 1. The Morgan fingerprint density at radius 2 is 2.17 bits per heavy atom. The molecule has 1 N–H and O–H groups in total. The van der Waals surface area contributed by atoms with Crippen molar-refractivity contribution in [3.63, 3.8) is 0 Å². The molecular weight excluding hydrogens is 288 g/mol. The van der Waals surface area contributed by atoms with Crippen molar-refractivity contribution < 1.29 is 4.79 Å². The van der Waals surface area contributed by atoms with Crippen LogP contribution in [-0.4, -0.2) is 27.5 Å². The number of carbonyl (C=O) groups is 1. The summed E-state index contributed by atoms with van der Waals surface area (Å²) in [5, 5.41) is 3.79. The van der Waals surface area contributed by atoms with Crippen LogP contribution in [0.5, 0.6) is 0 Å². The summed E-state index contributed by atoms with van der Waals surface area (Å²) in [5.41, 5.74) is 5.12. The Bertz CT molecular complexity index is 867. The summed E-state index contributed by atoms with van der Waals surface area (Å²) in [4.78, 5) is 20.6. The van der Waals surface area contributed by atoms with Gasteiger partial charge in [0.1, 0.15) is 0 Å². The van der Waals surface area contributed by atoms with Gasteiger partial charge in [0, 0.05) is 25.9 Å². The van der Waals surface area contributed by atoms with E-state index >= 15 is 0 Å². The number of aryl methyl sites for hydroxylation is 3. The van der Waals surface area contributed by atoms with Crippen LogP contribution in [0.15, 0.2) is 36.8 Å².